The number of hydrogen-bond donors (Lipinski definition) is 1. The molecule has 1 spiro atoms. The molecule has 8 heteroatoms. The number of pyridine rings is 1. The summed E-state index contributed by atoms with van der Waals surface area (Å²) < 4.78 is 0. The average molecular weight is 493 g/mol. The molecule has 2 fully saturated rings. The van der Waals surface area contributed by atoms with Gasteiger partial charge >= 0.3 is 0 Å². The van der Waals surface area contributed by atoms with E-state index >= 15 is 0 Å². The Morgan fingerprint density at radius 1 is 0.912 bits per heavy atom. The summed E-state index contributed by atoms with van der Waals surface area (Å²) in [5, 5.41) is 1.35. The van der Waals surface area contributed by atoms with E-state index in [0.29, 0.717) is 21.3 Å². The summed E-state index contributed by atoms with van der Waals surface area (Å²) in [6.45, 7) is 3.98. The van der Waals surface area contributed by atoms with Crippen LogP contribution in [0.15, 0.2) is 52.6 Å². The molecule has 34 heavy (non-hydrogen) atoms. The maximum atomic E-state index is 6.71. The zero-order chi connectivity index (χ0) is 23.1. The fourth-order valence-electron chi connectivity index (χ4n) is 5.70. The van der Waals surface area contributed by atoms with E-state index in [0.717, 1.165) is 42.7 Å². The molecule has 176 valence electrons. The van der Waals surface area contributed by atoms with E-state index in [1.807, 2.05) is 18.5 Å². The van der Waals surface area contributed by atoms with Gasteiger partial charge in [-0.05, 0) is 61.1 Å². The van der Waals surface area contributed by atoms with Gasteiger partial charge in [-0.1, -0.05) is 47.6 Å². The van der Waals surface area contributed by atoms with Gasteiger partial charge in [0.1, 0.15) is 16.7 Å². The Balaban J connectivity index is 1.14. The molecule has 2 aromatic heterocycles. The highest BCUT2D eigenvalue weighted by atomic mass is 35.5. The lowest BCUT2D eigenvalue weighted by molar-refractivity contribution is 0.232. The van der Waals surface area contributed by atoms with Crippen molar-refractivity contribution in [2.24, 2.45) is 5.41 Å². The smallest absolute Gasteiger partial charge is 0.158 e. The van der Waals surface area contributed by atoms with E-state index in [2.05, 4.69) is 44.0 Å². The van der Waals surface area contributed by atoms with Gasteiger partial charge in [0, 0.05) is 37.3 Å². The van der Waals surface area contributed by atoms with Crippen molar-refractivity contribution in [2.45, 2.75) is 48.4 Å². The first kappa shape index (κ1) is 22.0. The first-order valence-electron chi connectivity index (χ1n) is 12.1. The molecule has 0 unspecified atom stereocenters. The monoisotopic (exact) mass is 492 g/mol. The van der Waals surface area contributed by atoms with Crippen molar-refractivity contribution in [3.8, 4) is 0 Å². The Bertz CT molecular complexity index is 1180. The second-order valence-electron chi connectivity index (χ2n) is 9.77. The number of nitrogens with two attached hydrogens (primary N) is 1. The van der Waals surface area contributed by atoms with Gasteiger partial charge < -0.3 is 15.5 Å². The Morgan fingerprint density at radius 3 is 2.29 bits per heavy atom. The van der Waals surface area contributed by atoms with Crippen molar-refractivity contribution in [1.82, 2.24) is 15.0 Å². The highest BCUT2D eigenvalue weighted by Crippen LogP contribution is 2.45. The summed E-state index contributed by atoms with van der Waals surface area (Å²) in [5.41, 5.74) is 9.83. The third kappa shape index (κ3) is 4.09. The molecule has 0 saturated carbocycles. The number of benzene rings is 1. The van der Waals surface area contributed by atoms with Crippen LogP contribution >= 0.6 is 23.4 Å². The van der Waals surface area contributed by atoms with Gasteiger partial charge in [-0.3, -0.25) is 0 Å². The molecule has 2 saturated heterocycles. The van der Waals surface area contributed by atoms with E-state index in [1.54, 1.807) is 0 Å². The number of nitrogens with zero attached hydrogens (tertiary/aromatic N) is 5. The minimum Gasteiger partial charge on any atom is -0.381 e. The lowest BCUT2D eigenvalue weighted by Crippen LogP contribution is -2.41. The zero-order valence-electron chi connectivity index (χ0n) is 19.2. The van der Waals surface area contributed by atoms with E-state index in [1.165, 1.54) is 61.4 Å². The van der Waals surface area contributed by atoms with Crippen molar-refractivity contribution < 1.29 is 0 Å². The van der Waals surface area contributed by atoms with Crippen LogP contribution in [-0.2, 0) is 12.8 Å². The van der Waals surface area contributed by atoms with Crippen LogP contribution in [0.25, 0.3) is 0 Å². The molecule has 3 aromatic rings. The molecular formula is C26H29ClN6S. The van der Waals surface area contributed by atoms with E-state index in [-0.39, 0.29) is 0 Å². The summed E-state index contributed by atoms with van der Waals surface area (Å²) in [5.74, 6) is 2.17. The largest absolute Gasteiger partial charge is 0.381 e. The van der Waals surface area contributed by atoms with Gasteiger partial charge in [0.25, 0.3) is 0 Å². The van der Waals surface area contributed by atoms with Gasteiger partial charge in [0.15, 0.2) is 5.82 Å². The van der Waals surface area contributed by atoms with Gasteiger partial charge in [-0.25, -0.2) is 15.0 Å². The molecule has 4 heterocycles. The molecule has 3 aliphatic rings. The molecule has 0 atom stereocenters. The maximum Gasteiger partial charge on any atom is 0.158 e. The molecule has 1 aliphatic carbocycles. The molecule has 6 rings (SSSR count). The van der Waals surface area contributed by atoms with Crippen LogP contribution in [0.1, 0.15) is 36.8 Å². The Hall–Kier alpha value is -2.51. The lowest BCUT2D eigenvalue weighted by atomic mass is 9.76. The van der Waals surface area contributed by atoms with Crippen LogP contribution in [0.4, 0.5) is 17.5 Å². The fraction of sp³-hybridized carbons (Fsp3) is 0.423. The van der Waals surface area contributed by atoms with Crippen LogP contribution in [0.5, 0.6) is 0 Å². The standard InChI is InChI=1S/C26H29ClN6S/c27-22-20(7-10-29-24(22)33-11-3-4-12-33)34-25-23(28)31-21(17-30-25)32-13-8-26(9-14-32)15-18-5-1-2-6-19(18)16-26/h1-2,5-7,10,17H,3-4,8-9,11-16H2,(H2,28,31). The predicted octanol–water partition coefficient (Wildman–Crippen LogP) is 5.24. The summed E-state index contributed by atoms with van der Waals surface area (Å²) in [4.78, 5) is 19.4. The van der Waals surface area contributed by atoms with Crippen LogP contribution in [-0.4, -0.2) is 41.1 Å². The Kier molecular flexibility index (Phi) is 5.77. The number of rotatable bonds is 4. The van der Waals surface area contributed by atoms with E-state index in [4.69, 9.17) is 22.3 Å². The molecule has 0 bridgehead atoms. The normalized spacial score (nSPS) is 19.1. The summed E-state index contributed by atoms with van der Waals surface area (Å²) >= 11 is 8.18. The molecule has 1 aromatic carbocycles. The van der Waals surface area contributed by atoms with Gasteiger partial charge in [0.2, 0.25) is 0 Å². The molecule has 0 radical (unpaired) electrons. The number of anilines is 3. The average Bonchev–Trinajstić information content (AvgIpc) is 3.50. The second-order valence-corrected chi connectivity index (χ2v) is 11.2. The van der Waals surface area contributed by atoms with Crippen molar-refractivity contribution in [3.63, 3.8) is 0 Å². The van der Waals surface area contributed by atoms with Crippen molar-refractivity contribution in [1.29, 1.82) is 0 Å². The van der Waals surface area contributed by atoms with Crippen LogP contribution < -0.4 is 15.5 Å². The first-order chi connectivity index (χ1) is 16.6. The molecule has 6 nitrogen and oxygen atoms in total. The van der Waals surface area contributed by atoms with Gasteiger partial charge in [0.05, 0.1) is 11.2 Å². The number of piperidine rings is 1. The summed E-state index contributed by atoms with van der Waals surface area (Å²) in [7, 11) is 0. The zero-order valence-corrected chi connectivity index (χ0v) is 20.8. The van der Waals surface area contributed by atoms with Crippen molar-refractivity contribution >= 4 is 40.8 Å². The Morgan fingerprint density at radius 2 is 1.62 bits per heavy atom. The maximum absolute atomic E-state index is 6.71. The highest BCUT2D eigenvalue weighted by molar-refractivity contribution is 7.99. The number of nitrogen functional groups attached to an aromatic ring is 1. The lowest BCUT2D eigenvalue weighted by Gasteiger charge is -2.40. The SMILES string of the molecule is Nc1nc(N2CCC3(CC2)Cc2ccccc2C3)cnc1Sc1ccnc(N2CCCC2)c1Cl. The van der Waals surface area contributed by atoms with Crippen LogP contribution in [0, 0.1) is 5.41 Å². The third-order valence-corrected chi connectivity index (χ3v) is 9.15. The third-order valence-electron chi connectivity index (χ3n) is 7.60. The minimum atomic E-state index is 0.403. The molecule has 2 N–H and O–H groups in total. The van der Waals surface area contributed by atoms with Crippen molar-refractivity contribution in [2.75, 3.05) is 41.7 Å². The van der Waals surface area contributed by atoms with Crippen LogP contribution in [0.2, 0.25) is 5.02 Å². The fourth-order valence-corrected chi connectivity index (χ4v) is 6.82. The first-order valence-corrected chi connectivity index (χ1v) is 13.3. The number of hydrogen-bond acceptors (Lipinski definition) is 7. The molecular weight excluding hydrogens is 464 g/mol. The summed E-state index contributed by atoms with van der Waals surface area (Å²) in [6.07, 6.45) is 10.8. The number of aromatic nitrogens is 3. The number of halogens is 1. The summed E-state index contributed by atoms with van der Waals surface area (Å²) in [6, 6.07) is 10.8. The van der Waals surface area contributed by atoms with Gasteiger partial charge in [-0.15, -0.1) is 0 Å². The minimum absolute atomic E-state index is 0.403. The molecule has 0 amide bonds. The Labute approximate surface area is 209 Å². The second kappa shape index (κ2) is 8.93. The van der Waals surface area contributed by atoms with E-state index in [9.17, 15) is 0 Å². The van der Waals surface area contributed by atoms with Crippen LogP contribution in [0.3, 0.4) is 0 Å². The number of fused-ring (bicyclic) bond motifs is 1. The predicted molar refractivity (Wildman–Crippen MR) is 139 cm³/mol. The highest BCUT2D eigenvalue weighted by Gasteiger charge is 2.40. The quantitative estimate of drug-likeness (QED) is 0.533. The topological polar surface area (TPSA) is 71.2 Å². The molecule has 2 aliphatic heterocycles. The van der Waals surface area contributed by atoms with Crippen molar-refractivity contribution in [3.05, 3.63) is 58.9 Å². The van der Waals surface area contributed by atoms with Gasteiger partial charge in [-0.2, -0.15) is 0 Å². The van der Waals surface area contributed by atoms with E-state index < -0.39 is 0 Å².